The summed E-state index contributed by atoms with van der Waals surface area (Å²) in [5.74, 6) is 0.874. The van der Waals surface area contributed by atoms with Crippen molar-refractivity contribution in [2.75, 3.05) is 20.3 Å². The van der Waals surface area contributed by atoms with E-state index in [9.17, 15) is 9.36 Å². The molecule has 146 valence electrons. The van der Waals surface area contributed by atoms with Crippen LogP contribution in [-0.4, -0.2) is 36.3 Å². The number of rotatable bonds is 9. The largest absolute Gasteiger partial charge is 0.481 e. The van der Waals surface area contributed by atoms with E-state index in [0.29, 0.717) is 23.5 Å². The second kappa shape index (κ2) is 9.15. The zero-order chi connectivity index (χ0) is 20.0. The van der Waals surface area contributed by atoms with Crippen molar-refractivity contribution < 1.29 is 33.4 Å². The number of hydrogen-bond donors (Lipinski definition) is 2. The molecule has 8 heteroatoms. The van der Waals surface area contributed by atoms with Crippen LogP contribution in [0.3, 0.4) is 0 Å². The molecule has 0 fully saturated rings. The molecule has 2 N–H and O–H groups in total. The van der Waals surface area contributed by atoms with Crippen LogP contribution in [0.4, 0.5) is 0 Å². The molecule has 0 bridgehead atoms. The van der Waals surface area contributed by atoms with Crippen LogP contribution >= 0.6 is 7.60 Å². The molecule has 2 rings (SSSR count). The summed E-state index contributed by atoms with van der Waals surface area (Å²) in [6.45, 7) is 3.88. The number of carbonyl (C=O) groups excluding carboxylic acids is 1. The average Bonchev–Trinajstić information content (AvgIpc) is 2.61. The van der Waals surface area contributed by atoms with Crippen molar-refractivity contribution in [3.8, 4) is 11.5 Å². The Hall–Kier alpha value is -2.18. The van der Waals surface area contributed by atoms with Crippen LogP contribution in [0.25, 0.3) is 0 Å². The van der Waals surface area contributed by atoms with E-state index in [1.807, 2.05) is 19.9 Å². The standard InChI is InChI=1S/C19H23O7P/c1-13-6-17(26-12-27(21,22)23)7-14(2)18(13)9-15-4-5-19(25-11-24-3)16(8-15)10-20/h4-8,10H,9,11-12H2,1-3H3,(H2,21,22,23). The highest BCUT2D eigenvalue weighted by atomic mass is 31.2. The zero-order valence-corrected chi connectivity index (χ0v) is 16.4. The molecule has 0 aliphatic carbocycles. The minimum Gasteiger partial charge on any atom is -0.481 e. The molecule has 0 amide bonds. The lowest BCUT2D eigenvalue weighted by atomic mass is 9.95. The molecular formula is C19H23O7P. The Balaban J connectivity index is 2.21. The van der Waals surface area contributed by atoms with Gasteiger partial charge in [0.2, 0.25) is 0 Å². The van der Waals surface area contributed by atoms with Gasteiger partial charge in [0, 0.05) is 7.11 Å². The van der Waals surface area contributed by atoms with Crippen molar-refractivity contribution in [1.82, 2.24) is 0 Å². The molecule has 0 aromatic heterocycles. The Morgan fingerprint density at radius 2 is 1.74 bits per heavy atom. The monoisotopic (exact) mass is 394 g/mol. The number of benzene rings is 2. The quantitative estimate of drug-likeness (QED) is 0.382. The maximum Gasteiger partial charge on any atom is 0.362 e. The highest BCUT2D eigenvalue weighted by molar-refractivity contribution is 7.51. The lowest BCUT2D eigenvalue weighted by Gasteiger charge is -2.15. The van der Waals surface area contributed by atoms with Gasteiger partial charge >= 0.3 is 7.60 Å². The fourth-order valence-electron chi connectivity index (χ4n) is 2.73. The van der Waals surface area contributed by atoms with Gasteiger partial charge in [-0.05, 0) is 66.8 Å². The zero-order valence-electron chi connectivity index (χ0n) is 15.5. The van der Waals surface area contributed by atoms with Gasteiger partial charge in [0.25, 0.3) is 0 Å². The fraction of sp³-hybridized carbons (Fsp3) is 0.316. The van der Waals surface area contributed by atoms with Crippen molar-refractivity contribution >= 4 is 13.9 Å². The van der Waals surface area contributed by atoms with Gasteiger partial charge in [0.1, 0.15) is 11.5 Å². The molecular weight excluding hydrogens is 371 g/mol. The summed E-state index contributed by atoms with van der Waals surface area (Å²) in [5, 5.41) is 0. The third-order valence-electron chi connectivity index (χ3n) is 3.98. The molecule has 0 saturated heterocycles. The Kier molecular flexibility index (Phi) is 7.16. The van der Waals surface area contributed by atoms with Gasteiger partial charge in [0.05, 0.1) is 5.56 Å². The predicted molar refractivity (Wildman–Crippen MR) is 101 cm³/mol. The third kappa shape index (κ3) is 6.19. The van der Waals surface area contributed by atoms with Gasteiger partial charge < -0.3 is 24.0 Å². The summed E-state index contributed by atoms with van der Waals surface area (Å²) in [7, 11) is -2.72. The highest BCUT2D eigenvalue weighted by Gasteiger charge is 2.15. The van der Waals surface area contributed by atoms with E-state index in [1.54, 1.807) is 24.3 Å². The molecule has 0 heterocycles. The number of aryl methyl sites for hydroxylation is 2. The summed E-state index contributed by atoms with van der Waals surface area (Å²) < 4.78 is 26.4. The van der Waals surface area contributed by atoms with E-state index >= 15 is 0 Å². The van der Waals surface area contributed by atoms with Crippen molar-refractivity contribution in [1.29, 1.82) is 0 Å². The van der Waals surface area contributed by atoms with Crippen molar-refractivity contribution in [2.45, 2.75) is 20.3 Å². The summed E-state index contributed by atoms with van der Waals surface area (Å²) in [6.07, 6.45) is 0.686. The minimum absolute atomic E-state index is 0.0640. The summed E-state index contributed by atoms with van der Waals surface area (Å²) in [6, 6.07) is 8.88. The molecule has 0 unspecified atom stereocenters. The Labute approximate surface area is 158 Å². The first-order valence-corrected chi connectivity index (χ1v) is 10.0. The van der Waals surface area contributed by atoms with Gasteiger partial charge in [-0.15, -0.1) is 0 Å². The number of methoxy groups -OCH3 is 1. The van der Waals surface area contributed by atoms with Crippen LogP contribution in [-0.2, 0) is 15.7 Å². The molecule has 0 atom stereocenters. The van der Waals surface area contributed by atoms with E-state index in [2.05, 4.69) is 0 Å². The van der Waals surface area contributed by atoms with Crippen LogP contribution in [0.2, 0.25) is 0 Å². The first-order valence-electron chi connectivity index (χ1n) is 8.21. The van der Waals surface area contributed by atoms with E-state index < -0.39 is 13.9 Å². The highest BCUT2D eigenvalue weighted by Crippen LogP contribution is 2.35. The average molecular weight is 394 g/mol. The number of hydrogen-bond acceptors (Lipinski definition) is 5. The predicted octanol–water partition coefficient (Wildman–Crippen LogP) is 3.20. The molecule has 0 spiro atoms. The summed E-state index contributed by atoms with van der Waals surface area (Å²) in [5.41, 5.74) is 4.31. The fourth-order valence-corrected chi connectivity index (χ4v) is 3.05. The topological polar surface area (TPSA) is 102 Å². The minimum atomic E-state index is -4.23. The van der Waals surface area contributed by atoms with Crippen LogP contribution < -0.4 is 9.47 Å². The van der Waals surface area contributed by atoms with Crippen LogP contribution in [0, 0.1) is 13.8 Å². The Morgan fingerprint density at radius 3 is 2.30 bits per heavy atom. The molecule has 0 radical (unpaired) electrons. The molecule has 27 heavy (non-hydrogen) atoms. The summed E-state index contributed by atoms with van der Waals surface area (Å²) in [4.78, 5) is 29.2. The van der Waals surface area contributed by atoms with Gasteiger partial charge in [-0.1, -0.05) is 6.07 Å². The van der Waals surface area contributed by atoms with Crippen molar-refractivity contribution in [3.63, 3.8) is 0 Å². The second-order valence-corrected chi connectivity index (χ2v) is 7.78. The SMILES string of the molecule is COCOc1ccc(Cc2c(C)cc(OCP(=O)(O)O)cc2C)cc1C=O. The molecule has 0 aliphatic rings. The lowest BCUT2D eigenvalue weighted by Crippen LogP contribution is -2.03. The van der Waals surface area contributed by atoms with Crippen molar-refractivity contribution in [3.05, 3.63) is 58.1 Å². The van der Waals surface area contributed by atoms with Crippen molar-refractivity contribution in [2.24, 2.45) is 0 Å². The van der Waals surface area contributed by atoms with E-state index in [4.69, 9.17) is 24.0 Å². The van der Waals surface area contributed by atoms with Gasteiger partial charge in [-0.3, -0.25) is 9.36 Å². The molecule has 2 aromatic carbocycles. The van der Waals surface area contributed by atoms with Crippen LogP contribution in [0.15, 0.2) is 30.3 Å². The third-order valence-corrected chi connectivity index (χ3v) is 4.45. The lowest BCUT2D eigenvalue weighted by molar-refractivity contribution is 0.0505. The van der Waals surface area contributed by atoms with Gasteiger partial charge in [0.15, 0.2) is 19.4 Å². The number of aldehydes is 1. The normalized spacial score (nSPS) is 11.3. The maximum absolute atomic E-state index is 11.3. The smallest absolute Gasteiger partial charge is 0.362 e. The maximum atomic E-state index is 11.3. The van der Waals surface area contributed by atoms with Gasteiger partial charge in [-0.25, -0.2) is 0 Å². The Morgan fingerprint density at radius 1 is 1.07 bits per heavy atom. The first kappa shape index (κ1) is 21.1. The number of ether oxygens (including phenoxy) is 3. The van der Waals surface area contributed by atoms with E-state index in [-0.39, 0.29) is 6.79 Å². The van der Waals surface area contributed by atoms with Crippen LogP contribution in [0.5, 0.6) is 11.5 Å². The second-order valence-electron chi connectivity index (χ2n) is 6.19. The first-order chi connectivity index (χ1) is 12.7. The van der Waals surface area contributed by atoms with Crippen LogP contribution in [0.1, 0.15) is 32.6 Å². The molecule has 0 saturated carbocycles. The molecule has 0 aliphatic heterocycles. The molecule has 2 aromatic rings. The van der Waals surface area contributed by atoms with E-state index in [1.165, 1.54) is 7.11 Å². The number of carbonyl (C=O) groups is 1. The summed E-state index contributed by atoms with van der Waals surface area (Å²) >= 11 is 0. The van der Waals surface area contributed by atoms with Gasteiger partial charge in [-0.2, -0.15) is 0 Å². The van der Waals surface area contributed by atoms with E-state index in [0.717, 1.165) is 28.5 Å². The molecule has 7 nitrogen and oxygen atoms in total. The Bertz CT molecular complexity index is 834.